The van der Waals surface area contributed by atoms with E-state index in [1.54, 1.807) is 13.1 Å². The number of rotatable bonds is 3. The molecule has 0 N–H and O–H groups in total. The van der Waals surface area contributed by atoms with Gasteiger partial charge in [0.05, 0.1) is 16.9 Å². The van der Waals surface area contributed by atoms with Gasteiger partial charge in [0.2, 0.25) is 4.80 Å². The van der Waals surface area contributed by atoms with E-state index < -0.39 is 0 Å². The summed E-state index contributed by atoms with van der Waals surface area (Å²) in [7, 11) is 1.75. The molecule has 0 amide bonds. The standard InChI is InChI=1S/C19H17Cl2N3S/c1-12-4-5-13(2)14(8-12)10-23-24-18(11-25-19(24)22-3)16-7-6-15(20)9-17(16)21/h4-11H,1-3H3. The van der Waals surface area contributed by atoms with Gasteiger partial charge in [-0.15, -0.1) is 11.3 Å². The van der Waals surface area contributed by atoms with Crippen LogP contribution in [-0.2, 0) is 0 Å². The molecular formula is C19H17Cl2N3S. The van der Waals surface area contributed by atoms with Crippen molar-refractivity contribution in [3.8, 4) is 11.3 Å². The highest BCUT2D eigenvalue weighted by Gasteiger charge is 2.11. The molecule has 0 atom stereocenters. The Hall–Kier alpha value is -1.88. The summed E-state index contributed by atoms with van der Waals surface area (Å²) in [6, 6.07) is 11.8. The molecule has 0 bridgehead atoms. The lowest BCUT2D eigenvalue weighted by Crippen LogP contribution is -2.11. The maximum absolute atomic E-state index is 6.38. The van der Waals surface area contributed by atoms with Crippen LogP contribution in [0.15, 0.2) is 51.9 Å². The van der Waals surface area contributed by atoms with Crippen LogP contribution in [0.2, 0.25) is 10.0 Å². The predicted molar refractivity (Wildman–Crippen MR) is 108 cm³/mol. The van der Waals surface area contributed by atoms with Crippen molar-refractivity contribution < 1.29 is 0 Å². The number of hydrogen-bond acceptors (Lipinski definition) is 3. The largest absolute Gasteiger partial charge is 0.261 e. The first kappa shape index (κ1) is 17.9. The van der Waals surface area contributed by atoms with E-state index in [0.29, 0.717) is 10.0 Å². The highest BCUT2D eigenvalue weighted by Crippen LogP contribution is 2.30. The second-order valence-corrected chi connectivity index (χ2v) is 7.35. The molecule has 0 saturated heterocycles. The van der Waals surface area contributed by atoms with E-state index in [1.807, 2.05) is 28.4 Å². The van der Waals surface area contributed by atoms with Crippen LogP contribution >= 0.6 is 34.5 Å². The number of halogens is 2. The van der Waals surface area contributed by atoms with Gasteiger partial charge in [-0.1, -0.05) is 47.0 Å². The van der Waals surface area contributed by atoms with Gasteiger partial charge in [-0.2, -0.15) is 5.10 Å². The van der Waals surface area contributed by atoms with Gasteiger partial charge < -0.3 is 0 Å². The van der Waals surface area contributed by atoms with Crippen LogP contribution in [0.4, 0.5) is 0 Å². The van der Waals surface area contributed by atoms with Crippen LogP contribution < -0.4 is 4.80 Å². The van der Waals surface area contributed by atoms with Gasteiger partial charge in [0.25, 0.3) is 0 Å². The Morgan fingerprint density at radius 2 is 1.88 bits per heavy atom. The van der Waals surface area contributed by atoms with E-state index in [4.69, 9.17) is 23.2 Å². The molecule has 6 heteroatoms. The summed E-state index contributed by atoms with van der Waals surface area (Å²) in [5.41, 5.74) is 5.20. The zero-order valence-corrected chi connectivity index (χ0v) is 16.5. The number of nitrogens with zero attached hydrogens (tertiary/aromatic N) is 3. The highest BCUT2D eigenvalue weighted by molar-refractivity contribution is 7.07. The summed E-state index contributed by atoms with van der Waals surface area (Å²) < 4.78 is 1.81. The lowest BCUT2D eigenvalue weighted by molar-refractivity contribution is 0.848. The minimum atomic E-state index is 0.587. The summed E-state index contributed by atoms with van der Waals surface area (Å²) in [5, 5.41) is 7.86. The average molecular weight is 390 g/mol. The van der Waals surface area contributed by atoms with E-state index in [9.17, 15) is 0 Å². The van der Waals surface area contributed by atoms with Crippen molar-refractivity contribution in [1.82, 2.24) is 4.68 Å². The maximum Gasteiger partial charge on any atom is 0.205 e. The molecule has 0 aliphatic heterocycles. The van der Waals surface area contributed by atoms with Gasteiger partial charge >= 0.3 is 0 Å². The van der Waals surface area contributed by atoms with E-state index >= 15 is 0 Å². The van der Waals surface area contributed by atoms with Crippen molar-refractivity contribution >= 4 is 40.8 Å². The monoisotopic (exact) mass is 389 g/mol. The fraction of sp³-hybridized carbons (Fsp3) is 0.158. The Bertz CT molecular complexity index is 1020. The lowest BCUT2D eigenvalue weighted by Gasteiger charge is -2.07. The Kier molecular flexibility index (Phi) is 5.42. The molecule has 128 valence electrons. The fourth-order valence-electron chi connectivity index (χ4n) is 2.46. The third-order valence-electron chi connectivity index (χ3n) is 3.83. The smallest absolute Gasteiger partial charge is 0.205 e. The van der Waals surface area contributed by atoms with Crippen LogP contribution in [0.3, 0.4) is 0 Å². The molecule has 0 aliphatic carbocycles. The van der Waals surface area contributed by atoms with Crippen molar-refractivity contribution in [2.75, 3.05) is 7.05 Å². The van der Waals surface area contributed by atoms with Gasteiger partial charge in [-0.05, 0) is 43.2 Å². The first-order chi connectivity index (χ1) is 12.0. The summed E-state index contributed by atoms with van der Waals surface area (Å²) in [4.78, 5) is 5.11. The van der Waals surface area contributed by atoms with Crippen LogP contribution in [-0.4, -0.2) is 17.9 Å². The summed E-state index contributed by atoms with van der Waals surface area (Å²) in [6.07, 6.45) is 1.86. The molecule has 25 heavy (non-hydrogen) atoms. The quantitative estimate of drug-likeness (QED) is 0.525. The number of thiazole rings is 1. The van der Waals surface area contributed by atoms with Gasteiger partial charge in [-0.25, -0.2) is 4.68 Å². The van der Waals surface area contributed by atoms with Crippen molar-refractivity contribution in [2.24, 2.45) is 10.1 Å². The minimum Gasteiger partial charge on any atom is -0.261 e. The van der Waals surface area contributed by atoms with Gasteiger partial charge in [0.15, 0.2) is 0 Å². The van der Waals surface area contributed by atoms with Crippen molar-refractivity contribution in [3.63, 3.8) is 0 Å². The van der Waals surface area contributed by atoms with Gasteiger partial charge in [-0.3, -0.25) is 4.99 Å². The van der Waals surface area contributed by atoms with E-state index in [0.717, 1.165) is 21.6 Å². The van der Waals surface area contributed by atoms with Gasteiger partial charge in [0.1, 0.15) is 0 Å². The van der Waals surface area contributed by atoms with Gasteiger partial charge in [0, 0.05) is 23.0 Å². The molecule has 0 fully saturated rings. The zero-order chi connectivity index (χ0) is 18.0. The molecule has 1 heterocycles. The van der Waals surface area contributed by atoms with E-state index in [-0.39, 0.29) is 0 Å². The molecule has 0 saturated carbocycles. The Balaban J connectivity index is 2.11. The molecule has 1 aromatic heterocycles. The first-order valence-electron chi connectivity index (χ1n) is 7.70. The Morgan fingerprint density at radius 3 is 2.60 bits per heavy atom. The van der Waals surface area contributed by atoms with Crippen LogP contribution in [0, 0.1) is 13.8 Å². The fourth-order valence-corrected chi connectivity index (χ4v) is 3.76. The lowest BCUT2D eigenvalue weighted by atomic mass is 10.1. The Morgan fingerprint density at radius 1 is 1.08 bits per heavy atom. The molecule has 3 nitrogen and oxygen atoms in total. The van der Waals surface area contributed by atoms with E-state index in [1.165, 1.54) is 22.5 Å². The van der Waals surface area contributed by atoms with Crippen LogP contribution in [0.25, 0.3) is 11.3 Å². The summed E-state index contributed by atoms with van der Waals surface area (Å²) >= 11 is 13.9. The van der Waals surface area contributed by atoms with Crippen molar-refractivity contribution in [1.29, 1.82) is 0 Å². The number of aromatic nitrogens is 1. The summed E-state index contributed by atoms with van der Waals surface area (Å²) in [6.45, 7) is 4.14. The number of benzene rings is 2. The maximum atomic E-state index is 6.38. The topological polar surface area (TPSA) is 29.6 Å². The van der Waals surface area contributed by atoms with Crippen molar-refractivity contribution in [3.05, 3.63) is 73.3 Å². The third-order valence-corrected chi connectivity index (χ3v) is 5.29. The molecule has 0 aliphatic rings. The van der Waals surface area contributed by atoms with Crippen LogP contribution in [0.5, 0.6) is 0 Å². The molecule has 3 aromatic rings. The minimum absolute atomic E-state index is 0.587. The van der Waals surface area contributed by atoms with E-state index in [2.05, 4.69) is 42.1 Å². The molecule has 0 radical (unpaired) electrons. The predicted octanol–water partition coefficient (Wildman–Crippen LogP) is 5.55. The SMILES string of the molecule is CN=c1scc(-c2ccc(Cl)cc2Cl)n1N=Cc1cc(C)ccc1C. The molecular weight excluding hydrogens is 373 g/mol. The van der Waals surface area contributed by atoms with Crippen molar-refractivity contribution in [2.45, 2.75) is 13.8 Å². The zero-order valence-electron chi connectivity index (χ0n) is 14.1. The molecule has 0 unspecified atom stereocenters. The molecule has 2 aromatic carbocycles. The number of aryl methyl sites for hydroxylation is 2. The second kappa shape index (κ2) is 7.56. The normalized spacial score (nSPS) is 12.3. The highest BCUT2D eigenvalue weighted by atomic mass is 35.5. The number of hydrogen-bond donors (Lipinski definition) is 0. The average Bonchev–Trinajstić information content (AvgIpc) is 2.98. The molecule has 0 spiro atoms. The van der Waals surface area contributed by atoms with Crippen LogP contribution in [0.1, 0.15) is 16.7 Å². The Labute approximate surface area is 160 Å². The third kappa shape index (κ3) is 3.87. The molecule has 3 rings (SSSR count). The summed E-state index contributed by atoms with van der Waals surface area (Å²) in [5.74, 6) is 0. The first-order valence-corrected chi connectivity index (χ1v) is 9.33. The second-order valence-electron chi connectivity index (χ2n) is 5.67.